The molecule has 212 valence electrons. The van der Waals surface area contributed by atoms with Crippen molar-refractivity contribution in [2.75, 3.05) is 11.6 Å². The number of hydrogen-bond acceptors (Lipinski definition) is 8. The fourth-order valence-corrected chi connectivity index (χ4v) is 5.38. The van der Waals surface area contributed by atoms with Gasteiger partial charge in [-0.05, 0) is 48.0 Å². The lowest BCUT2D eigenvalue weighted by Gasteiger charge is -2.12. The fourth-order valence-electron chi connectivity index (χ4n) is 4.75. The molecule has 11 nitrogen and oxygen atoms in total. The number of H-pyrrole nitrogens is 2. The van der Waals surface area contributed by atoms with E-state index in [-0.39, 0.29) is 11.5 Å². The normalized spacial score (nSPS) is 12.6. The van der Waals surface area contributed by atoms with Crippen LogP contribution in [0.15, 0.2) is 67.3 Å². The van der Waals surface area contributed by atoms with Gasteiger partial charge < -0.3 is 16.0 Å². The molecule has 5 N–H and O–H groups in total. The first-order valence-corrected chi connectivity index (χ1v) is 14.9. The third kappa shape index (κ3) is 5.10. The van der Waals surface area contributed by atoms with Gasteiger partial charge in [0.2, 0.25) is 5.91 Å². The van der Waals surface area contributed by atoms with Crippen LogP contribution in [0.2, 0.25) is 0 Å². The Balaban J connectivity index is 1.42. The number of benzene rings is 1. The largest absolute Gasteiger partial charge is 0.353 e. The van der Waals surface area contributed by atoms with Gasteiger partial charge in [-0.3, -0.25) is 24.8 Å². The highest BCUT2D eigenvalue weighted by molar-refractivity contribution is 7.90. The number of nitrogens with zero attached hydrogens (tertiary/aromatic N) is 4. The number of pyridine rings is 3. The summed E-state index contributed by atoms with van der Waals surface area (Å²) in [4.78, 5) is 28.4. The Morgan fingerprint density at radius 3 is 2.60 bits per heavy atom. The van der Waals surface area contributed by atoms with Crippen molar-refractivity contribution in [1.82, 2.24) is 30.1 Å². The average Bonchev–Trinajstić information content (AvgIpc) is 3.59. The molecule has 0 fully saturated rings. The van der Waals surface area contributed by atoms with Gasteiger partial charge in [0.15, 0.2) is 9.84 Å². The van der Waals surface area contributed by atoms with E-state index >= 15 is 0 Å². The van der Waals surface area contributed by atoms with E-state index in [4.69, 9.17) is 5.73 Å². The zero-order valence-corrected chi connectivity index (χ0v) is 23.3. The van der Waals surface area contributed by atoms with Gasteiger partial charge in [-0.15, -0.1) is 0 Å². The number of aromatic amines is 2. The number of carbonyl (C=O) groups is 1. The summed E-state index contributed by atoms with van der Waals surface area (Å²) >= 11 is 0. The van der Waals surface area contributed by atoms with Crippen LogP contribution in [0.25, 0.3) is 55.7 Å². The number of rotatable bonds is 7. The fraction of sp³-hybridized carbons (Fsp3) is 0.138. The molecule has 5 heterocycles. The number of anilines is 1. The summed E-state index contributed by atoms with van der Waals surface area (Å²) in [6, 6.07) is 11.3. The molecule has 0 aliphatic carbocycles. The van der Waals surface area contributed by atoms with Crippen molar-refractivity contribution in [3.63, 3.8) is 0 Å². The number of amides is 1. The van der Waals surface area contributed by atoms with Crippen molar-refractivity contribution in [3.8, 4) is 33.9 Å². The predicted molar refractivity (Wildman–Crippen MR) is 158 cm³/mol. The van der Waals surface area contributed by atoms with E-state index in [9.17, 15) is 17.6 Å². The highest BCUT2D eigenvalue weighted by atomic mass is 32.2. The molecule has 0 aliphatic rings. The van der Waals surface area contributed by atoms with Crippen LogP contribution >= 0.6 is 0 Å². The van der Waals surface area contributed by atoms with E-state index in [0.29, 0.717) is 51.4 Å². The molecule has 0 saturated carbocycles. The molecule has 0 saturated heterocycles. The molecule has 6 rings (SSSR count). The predicted octanol–water partition coefficient (Wildman–Crippen LogP) is 4.72. The molecular formula is C29H25FN8O3S. The van der Waals surface area contributed by atoms with Crippen molar-refractivity contribution in [2.24, 2.45) is 5.73 Å². The minimum atomic E-state index is -3.65. The van der Waals surface area contributed by atoms with Gasteiger partial charge in [-0.2, -0.15) is 5.10 Å². The average molecular weight is 585 g/mol. The van der Waals surface area contributed by atoms with Crippen molar-refractivity contribution in [3.05, 3.63) is 78.6 Å². The first-order valence-electron chi connectivity index (χ1n) is 12.9. The molecule has 42 heavy (non-hydrogen) atoms. The van der Waals surface area contributed by atoms with E-state index in [0.717, 1.165) is 28.8 Å². The molecule has 0 radical (unpaired) electrons. The summed E-state index contributed by atoms with van der Waals surface area (Å²) in [5, 5.41) is 10.4. The Labute approximate surface area is 239 Å². The minimum Gasteiger partial charge on any atom is -0.353 e. The quantitative estimate of drug-likeness (QED) is 0.209. The molecule has 1 amide bonds. The molecule has 5 aromatic heterocycles. The van der Waals surface area contributed by atoms with Gasteiger partial charge in [0.1, 0.15) is 16.9 Å². The summed E-state index contributed by atoms with van der Waals surface area (Å²) in [5.74, 6) is -0.739. The minimum absolute atomic E-state index is 0.116. The lowest BCUT2D eigenvalue weighted by molar-refractivity contribution is -0.115. The van der Waals surface area contributed by atoms with Crippen LogP contribution in [-0.4, -0.2) is 50.7 Å². The molecule has 0 aliphatic heterocycles. The highest BCUT2D eigenvalue weighted by Gasteiger charge is 2.21. The van der Waals surface area contributed by atoms with E-state index in [1.54, 1.807) is 43.8 Å². The SMILES string of the molecule is CCC(=O)Nc1cncc(-c2cc3c(-c4cc5c(-c6cc(F)cc(C(N)S(C)(=O)=O)c6)nccc5[nH]4)n[nH]c3cn2)c1. The Bertz CT molecular complexity index is 2110. The summed E-state index contributed by atoms with van der Waals surface area (Å²) in [5.41, 5.74) is 11.5. The Hall–Kier alpha value is -5.01. The Kier molecular flexibility index (Phi) is 6.75. The number of aromatic nitrogens is 6. The zero-order chi connectivity index (χ0) is 29.6. The van der Waals surface area contributed by atoms with Crippen LogP contribution < -0.4 is 11.1 Å². The second-order valence-electron chi connectivity index (χ2n) is 9.88. The van der Waals surface area contributed by atoms with Gasteiger partial charge in [-0.1, -0.05) is 6.92 Å². The monoisotopic (exact) mass is 584 g/mol. The van der Waals surface area contributed by atoms with Crippen molar-refractivity contribution >= 4 is 43.2 Å². The van der Waals surface area contributed by atoms with Gasteiger partial charge >= 0.3 is 0 Å². The zero-order valence-electron chi connectivity index (χ0n) is 22.5. The summed E-state index contributed by atoms with van der Waals surface area (Å²) in [6.45, 7) is 1.77. The molecule has 0 bridgehead atoms. The molecular weight excluding hydrogens is 559 g/mol. The first kappa shape index (κ1) is 27.2. The van der Waals surface area contributed by atoms with Crippen molar-refractivity contribution in [1.29, 1.82) is 0 Å². The number of hydrogen-bond donors (Lipinski definition) is 4. The molecule has 1 unspecified atom stereocenters. The van der Waals surface area contributed by atoms with E-state index < -0.39 is 21.0 Å². The van der Waals surface area contributed by atoms with E-state index in [1.165, 1.54) is 12.1 Å². The first-order chi connectivity index (χ1) is 20.1. The van der Waals surface area contributed by atoms with Crippen LogP contribution in [-0.2, 0) is 14.6 Å². The van der Waals surface area contributed by atoms with Gasteiger partial charge in [0.05, 0.1) is 40.7 Å². The Morgan fingerprint density at radius 1 is 1.00 bits per heavy atom. The lowest BCUT2D eigenvalue weighted by Crippen LogP contribution is -2.20. The van der Waals surface area contributed by atoms with Crippen LogP contribution in [0.5, 0.6) is 0 Å². The van der Waals surface area contributed by atoms with Gasteiger partial charge in [0.25, 0.3) is 0 Å². The number of sulfone groups is 1. The standard InChI is InChI=1S/C29H25FN8O3S/c1-3-26(39)35-19-9-17(12-32-13-19)23-10-21-25(14-34-23)37-38-28(21)24-11-20-22(36-24)4-5-33-27(20)15-6-16(8-18(30)7-15)29(31)42(2,40)41/h4-14,29,36H,3,31H2,1-2H3,(H,35,39)(H,37,38). The number of carbonyl (C=O) groups excluding carboxylic acids is 1. The highest BCUT2D eigenvalue weighted by Crippen LogP contribution is 2.35. The van der Waals surface area contributed by atoms with Crippen LogP contribution in [0.3, 0.4) is 0 Å². The molecule has 6 aromatic rings. The lowest BCUT2D eigenvalue weighted by atomic mass is 10.0. The van der Waals surface area contributed by atoms with Gasteiger partial charge in [0, 0.05) is 52.5 Å². The number of halogens is 1. The van der Waals surface area contributed by atoms with Crippen molar-refractivity contribution < 1.29 is 17.6 Å². The van der Waals surface area contributed by atoms with Crippen LogP contribution in [0, 0.1) is 5.82 Å². The van der Waals surface area contributed by atoms with Crippen LogP contribution in [0.4, 0.5) is 10.1 Å². The van der Waals surface area contributed by atoms with Crippen LogP contribution in [0.1, 0.15) is 24.3 Å². The van der Waals surface area contributed by atoms with E-state index in [1.807, 2.05) is 12.1 Å². The number of nitrogens with two attached hydrogens (primary N) is 1. The Morgan fingerprint density at radius 2 is 1.81 bits per heavy atom. The summed E-state index contributed by atoms with van der Waals surface area (Å²) in [6.07, 6.45) is 7.86. The van der Waals surface area contributed by atoms with Crippen molar-refractivity contribution in [2.45, 2.75) is 18.7 Å². The topological polar surface area (TPSA) is 172 Å². The maximum absolute atomic E-state index is 14.6. The third-order valence-electron chi connectivity index (χ3n) is 6.87. The molecule has 1 aromatic carbocycles. The summed E-state index contributed by atoms with van der Waals surface area (Å²) in [7, 11) is -3.65. The van der Waals surface area contributed by atoms with E-state index in [2.05, 4.69) is 35.5 Å². The number of fused-ring (bicyclic) bond motifs is 2. The third-order valence-corrected chi connectivity index (χ3v) is 8.07. The molecule has 13 heteroatoms. The molecule has 0 spiro atoms. The second-order valence-corrected chi connectivity index (χ2v) is 12.0. The summed E-state index contributed by atoms with van der Waals surface area (Å²) < 4.78 is 38.7. The second kappa shape index (κ2) is 10.4. The molecule has 1 atom stereocenters. The smallest absolute Gasteiger partial charge is 0.224 e. The maximum atomic E-state index is 14.6. The maximum Gasteiger partial charge on any atom is 0.224 e. The van der Waals surface area contributed by atoms with Gasteiger partial charge in [-0.25, -0.2) is 12.8 Å². The number of nitrogens with one attached hydrogen (secondary N) is 3.